The zero-order valence-corrected chi connectivity index (χ0v) is 20.1. The maximum absolute atomic E-state index is 12.1. The fourth-order valence-electron chi connectivity index (χ4n) is 4.60. The second-order valence-electron chi connectivity index (χ2n) is 9.52. The van der Waals surface area contributed by atoms with Gasteiger partial charge in [0.15, 0.2) is 0 Å². The number of hydrogen-bond donors (Lipinski definition) is 1. The van der Waals surface area contributed by atoms with Crippen molar-refractivity contribution >= 4 is 17.7 Å². The van der Waals surface area contributed by atoms with Gasteiger partial charge in [0, 0.05) is 49.3 Å². The van der Waals surface area contributed by atoms with Crippen LogP contribution in [-0.4, -0.2) is 66.9 Å². The van der Waals surface area contributed by atoms with Crippen LogP contribution >= 0.6 is 11.8 Å². The molecular weight excluding hydrogens is 434 g/mol. The van der Waals surface area contributed by atoms with E-state index in [-0.39, 0.29) is 22.7 Å². The Labute approximate surface area is 198 Å². The van der Waals surface area contributed by atoms with Crippen LogP contribution in [0.25, 0.3) is 11.3 Å². The van der Waals surface area contributed by atoms with Crippen LogP contribution in [0, 0.1) is 0 Å². The van der Waals surface area contributed by atoms with Crippen molar-refractivity contribution in [3.8, 4) is 11.3 Å². The van der Waals surface area contributed by atoms with Crippen molar-refractivity contribution in [1.82, 2.24) is 24.6 Å². The Bertz CT molecular complexity index is 1170. The lowest BCUT2D eigenvalue weighted by Crippen LogP contribution is -2.28. The number of carbonyl (C=O) groups is 1. The Hall–Kier alpha value is -2.71. The first-order valence-electron chi connectivity index (χ1n) is 11.3. The van der Waals surface area contributed by atoms with Crippen LogP contribution in [-0.2, 0) is 18.4 Å². The third kappa shape index (κ3) is 3.95. The maximum atomic E-state index is 12.1. The molecule has 8 heteroatoms. The van der Waals surface area contributed by atoms with Crippen molar-refractivity contribution in [3.63, 3.8) is 0 Å². The Morgan fingerprint density at radius 2 is 1.91 bits per heavy atom. The molecule has 1 aliphatic heterocycles. The number of thioether (sulfide) groups is 1. The van der Waals surface area contributed by atoms with Crippen molar-refractivity contribution in [2.45, 2.75) is 42.9 Å². The Kier molecular flexibility index (Phi) is 5.53. The highest BCUT2D eigenvalue weighted by Crippen LogP contribution is 2.53. The number of pyridine rings is 1. The molecule has 172 valence electrons. The monoisotopic (exact) mass is 463 g/mol. The van der Waals surface area contributed by atoms with Gasteiger partial charge in [-0.25, -0.2) is 0 Å². The summed E-state index contributed by atoms with van der Waals surface area (Å²) < 4.78 is 2.09. The van der Waals surface area contributed by atoms with E-state index in [1.54, 1.807) is 25.2 Å². The summed E-state index contributed by atoms with van der Waals surface area (Å²) in [5, 5.41) is 19.0. The van der Waals surface area contributed by atoms with Crippen molar-refractivity contribution in [3.05, 3.63) is 65.4 Å². The van der Waals surface area contributed by atoms with E-state index in [0.717, 1.165) is 54.5 Å². The van der Waals surface area contributed by atoms with Crippen LogP contribution in [0.15, 0.2) is 42.6 Å². The van der Waals surface area contributed by atoms with Gasteiger partial charge in [0.2, 0.25) is 0 Å². The molecule has 3 aromatic rings. The molecule has 2 aliphatic rings. The topological polar surface area (TPSA) is 84.1 Å². The molecule has 1 saturated carbocycles. The third-order valence-electron chi connectivity index (χ3n) is 6.79. The molecule has 7 nitrogen and oxygen atoms in total. The van der Waals surface area contributed by atoms with E-state index in [1.807, 2.05) is 23.9 Å². The minimum absolute atomic E-state index is 0.0507. The Balaban J connectivity index is 1.40. The zero-order chi connectivity index (χ0) is 23.2. The van der Waals surface area contributed by atoms with Crippen LogP contribution in [0.1, 0.15) is 47.3 Å². The first kappa shape index (κ1) is 22.1. The number of aliphatic hydroxyl groups excluding tert-OH is 1. The molecule has 1 aromatic carbocycles. The Morgan fingerprint density at radius 3 is 2.52 bits per heavy atom. The van der Waals surface area contributed by atoms with Crippen molar-refractivity contribution in [1.29, 1.82) is 0 Å². The SMILES string of the molecule is CN(C)C(=O)c1ccc(-c2ccc(C3(c4nnc5n4CCSC(C)(CO)C5)CC3)cc2)nc1. The molecular formula is C25H29N5O2S. The van der Waals surface area contributed by atoms with Crippen molar-refractivity contribution < 1.29 is 9.90 Å². The molecule has 1 amide bonds. The molecule has 33 heavy (non-hydrogen) atoms. The quantitative estimate of drug-likeness (QED) is 0.626. The fraction of sp³-hybridized carbons (Fsp3) is 0.440. The second-order valence-corrected chi connectivity index (χ2v) is 11.2. The average Bonchev–Trinajstić information content (AvgIpc) is 3.58. The lowest BCUT2D eigenvalue weighted by molar-refractivity contribution is 0.0827. The van der Waals surface area contributed by atoms with Gasteiger partial charge >= 0.3 is 0 Å². The van der Waals surface area contributed by atoms with Crippen LogP contribution < -0.4 is 0 Å². The number of aromatic nitrogens is 4. The minimum atomic E-state index is -0.198. The molecule has 1 atom stereocenters. The van der Waals surface area contributed by atoms with E-state index in [4.69, 9.17) is 0 Å². The summed E-state index contributed by atoms with van der Waals surface area (Å²) in [7, 11) is 3.47. The highest BCUT2D eigenvalue weighted by molar-refractivity contribution is 8.00. The highest BCUT2D eigenvalue weighted by atomic mass is 32.2. The summed E-state index contributed by atoms with van der Waals surface area (Å²) in [5.41, 5.74) is 3.62. The highest BCUT2D eigenvalue weighted by Gasteiger charge is 2.50. The normalized spacial score (nSPS) is 21.2. The van der Waals surface area contributed by atoms with Crippen molar-refractivity contribution in [2.75, 3.05) is 26.5 Å². The van der Waals surface area contributed by atoms with Gasteiger partial charge in [0.25, 0.3) is 5.91 Å². The van der Waals surface area contributed by atoms with Crippen LogP contribution in [0.5, 0.6) is 0 Å². The van der Waals surface area contributed by atoms with Gasteiger partial charge in [-0.15, -0.1) is 10.2 Å². The van der Waals surface area contributed by atoms with Gasteiger partial charge < -0.3 is 14.6 Å². The second kappa shape index (κ2) is 8.25. The van der Waals surface area contributed by atoms with Gasteiger partial charge in [-0.3, -0.25) is 9.78 Å². The number of hydrogen-bond acceptors (Lipinski definition) is 6. The smallest absolute Gasteiger partial charge is 0.254 e. The van der Waals surface area contributed by atoms with E-state index in [1.165, 1.54) is 5.56 Å². The molecule has 1 unspecified atom stereocenters. The lowest BCUT2D eigenvalue weighted by atomic mass is 9.93. The van der Waals surface area contributed by atoms with Gasteiger partial charge in [-0.1, -0.05) is 24.3 Å². The maximum Gasteiger partial charge on any atom is 0.254 e. The number of aliphatic hydroxyl groups is 1. The van der Waals surface area contributed by atoms with E-state index in [2.05, 4.69) is 50.9 Å². The number of benzene rings is 1. The molecule has 0 bridgehead atoms. The first-order chi connectivity index (χ1) is 15.8. The first-order valence-corrected chi connectivity index (χ1v) is 12.3. The average molecular weight is 464 g/mol. The van der Waals surface area contributed by atoms with E-state index < -0.39 is 0 Å². The molecule has 3 heterocycles. The van der Waals surface area contributed by atoms with Gasteiger partial charge in [0.1, 0.15) is 11.6 Å². The molecule has 1 fully saturated rings. The standard InChI is InChI=1S/C25H29N5O2S/c1-24(16-31)14-21-27-28-23(30(21)12-13-33-24)25(10-11-25)19-7-4-17(5-8-19)20-9-6-18(15-26-20)22(32)29(2)3/h4-9,15,31H,10-14,16H2,1-3H3. The molecule has 1 aliphatic carbocycles. The van der Waals surface area contributed by atoms with E-state index in [0.29, 0.717) is 5.56 Å². The molecule has 0 spiro atoms. The molecule has 5 rings (SSSR count). The molecule has 1 N–H and O–H groups in total. The predicted molar refractivity (Wildman–Crippen MR) is 129 cm³/mol. The van der Waals surface area contributed by atoms with Crippen LogP contribution in [0.3, 0.4) is 0 Å². The van der Waals surface area contributed by atoms with Crippen molar-refractivity contribution in [2.24, 2.45) is 0 Å². The molecule has 2 aromatic heterocycles. The third-order valence-corrected chi connectivity index (χ3v) is 8.14. The fourth-order valence-corrected chi connectivity index (χ4v) is 5.69. The summed E-state index contributed by atoms with van der Waals surface area (Å²) in [6.07, 6.45) is 4.49. The molecule has 0 saturated heterocycles. The summed E-state index contributed by atoms with van der Waals surface area (Å²) in [5.74, 6) is 2.93. The summed E-state index contributed by atoms with van der Waals surface area (Å²) >= 11 is 1.82. The summed E-state index contributed by atoms with van der Waals surface area (Å²) in [6, 6.07) is 12.3. The number of carbonyl (C=O) groups excluding carboxylic acids is 1. The minimum Gasteiger partial charge on any atom is -0.395 e. The zero-order valence-electron chi connectivity index (χ0n) is 19.3. The summed E-state index contributed by atoms with van der Waals surface area (Å²) in [4.78, 5) is 18.2. The van der Waals surface area contributed by atoms with Gasteiger partial charge in [-0.2, -0.15) is 11.8 Å². The number of amides is 1. The van der Waals surface area contributed by atoms with E-state index in [9.17, 15) is 9.90 Å². The number of rotatable bonds is 5. The van der Waals surface area contributed by atoms with E-state index >= 15 is 0 Å². The van der Waals surface area contributed by atoms with Crippen LogP contribution in [0.2, 0.25) is 0 Å². The summed E-state index contributed by atoms with van der Waals surface area (Å²) in [6.45, 7) is 3.12. The Morgan fingerprint density at radius 1 is 1.15 bits per heavy atom. The van der Waals surface area contributed by atoms with Crippen LogP contribution in [0.4, 0.5) is 0 Å². The molecule has 0 radical (unpaired) electrons. The number of fused-ring (bicyclic) bond motifs is 1. The van der Waals surface area contributed by atoms with Gasteiger partial charge in [-0.05, 0) is 37.5 Å². The largest absolute Gasteiger partial charge is 0.395 e. The number of nitrogens with zero attached hydrogens (tertiary/aromatic N) is 5. The lowest BCUT2D eigenvalue weighted by Gasteiger charge is -2.23. The predicted octanol–water partition coefficient (Wildman–Crippen LogP) is 3.16. The van der Waals surface area contributed by atoms with Gasteiger partial charge in [0.05, 0.1) is 23.3 Å².